The minimum absolute atomic E-state index is 0.0273. The monoisotopic (exact) mass is 519 g/mol. The number of esters is 1. The molecule has 10 heteroatoms. The van der Waals surface area contributed by atoms with Crippen LogP contribution in [0.25, 0.3) is 16.6 Å². The summed E-state index contributed by atoms with van der Waals surface area (Å²) in [5.41, 5.74) is 0.424. The standard InChI is InChI=1S/C26H18ClN3O5S/c27-17-7-9-20(10-8-17)34-14-23-28-18(15-36-23)13-35-25(32)16-6-11-21-22(12-16)29-26(33)30(24(21)31)19-4-2-1-3-5-19/h1-12,15H,13-14H2,(H,29,33). The van der Waals surface area contributed by atoms with E-state index in [1.165, 1.54) is 29.5 Å². The molecule has 0 saturated carbocycles. The molecule has 36 heavy (non-hydrogen) atoms. The molecule has 0 aliphatic heterocycles. The summed E-state index contributed by atoms with van der Waals surface area (Å²) in [5, 5.41) is 3.43. The highest BCUT2D eigenvalue weighted by atomic mass is 35.5. The van der Waals surface area contributed by atoms with Gasteiger partial charge in [0.15, 0.2) is 0 Å². The maximum Gasteiger partial charge on any atom is 0.338 e. The molecule has 0 radical (unpaired) electrons. The molecule has 0 saturated heterocycles. The number of carbonyl (C=O) groups is 1. The number of fused-ring (bicyclic) bond motifs is 1. The van der Waals surface area contributed by atoms with Crippen LogP contribution in [0, 0.1) is 0 Å². The molecule has 5 rings (SSSR count). The Kier molecular flexibility index (Phi) is 6.66. The number of aromatic amines is 1. The Bertz CT molecular complexity index is 1660. The number of halogens is 1. The summed E-state index contributed by atoms with van der Waals surface area (Å²) in [5.74, 6) is 0.0735. The maximum atomic E-state index is 12.9. The third-order valence-electron chi connectivity index (χ3n) is 5.27. The van der Waals surface area contributed by atoms with E-state index in [0.717, 1.165) is 9.57 Å². The molecule has 0 atom stereocenters. The van der Waals surface area contributed by atoms with E-state index in [-0.39, 0.29) is 29.7 Å². The van der Waals surface area contributed by atoms with Gasteiger partial charge in [-0.2, -0.15) is 0 Å². The van der Waals surface area contributed by atoms with Gasteiger partial charge in [-0.3, -0.25) is 4.79 Å². The third-order valence-corrected chi connectivity index (χ3v) is 6.40. The summed E-state index contributed by atoms with van der Waals surface area (Å²) in [6.07, 6.45) is 0. The number of carbonyl (C=O) groups excluding carboxylic acids is 1. The second-order valence-corrected chi connectivity index (χ2v) is 9.10. The summed E-state index contributed by atoms with van der Waals surface area (Å²) in [6, 6.07) is 20.1. The molecule has 5 aromatic rings. The highest BCUT2D eigenvalue weighted by Crippen LogP contribution is 2.19. The number of nitrogens with zero attached hydrogens (tertiary/aromatic N) is 2. The predicted octanol–water partition coefficient (Wildman–Crippen LogP) is 4.72. The van der Waals surface area contributed by atoms with E-state index in [9.17, 15) is 14.4 Å². The van der Waals surface area contributed by atoms with Crippen LogP contribution < -0.4 is 16.0 Å². The Balaban J connectivity index is 1.26. The van der Waals surface area contributed by atoms with Gasteiger partial charge in [-0.1, -0.05) is 29.8 Å². The van der Waals surface area contributed by atoms with E-state index < -0.39 is 17.2 Å². The predicted molar refractivity (Wildman–Crippen MR) is 137 cm³/mol. The zero-order valence-electron chi connectivity index (χ0n) is 18.6. The van der Waals surface area contributed by atoms with E-state index in [1.54, 1.807) is 60.0 Å². The smallest absolute Gasteiger partial charge is 0.338 e. The molecular formula is C26H18ClN3O5S. The number of ether oxygens (including phenoxy) is 2. The van der Waals surface area contributed by atoms with Crippen LogP contribution in [0.4, 0.5) is 0 Å². The number of H-pyrrole nitrogens is 1. The summed E-state index contributed by atoms with van der Waals surface area (Å²) >= 11 is 7.26. The van der Waals surface area contributed by atoms with Crippen LogP contribution in [-0.2, 0) is 18.0 Å². The fourth-order valence-electron chi connectivity index (χ4n) is 3.54. The van der Waals surface area contributed by atoms with Crippen LogP contribution in [0.5, 0.6) is 5.75 Å². The van der Waals surface area contributed by atoms with Crippen molar-refractivity contribution in [1.82, 2.24) is 14.5 Å². The SMILES string of the molecule is O=C(OCc1csc(COc2ccc(Cl)cc2)n1)c1ccc2c(=O)n(-c3ccccc3)c(=O)[nH]c2c1. The molecule has 0 aliphatic rings. The topological polar surface area (TPSA) is 103 Å². The van der Waals surface area contributed by atoms with Crippen LogP contribution in [0.15, 0.2) is 87.8 Å². The Morgan fingerprint density at radius 2 is 1.78 bits per heavy atom. The molecule has 2 aromatic heterocycles. The number of nitrogens with one attached hydrogen (secondary N) is 1. The lowest BCUT2D eigenvalue weighted by atomic mass is 10.1. The van der Waals surface area contributed by atoms with Crippen molar-refractivity contribution in [1.29, 1.82) is 0 Å². The van der Waals surface area contributed by atoms with Crippen molar-refractivity contribution in [3.8, 4) is 11.4 Å². The van der Waals surface area contributed by atoms with Gasteiger partial charge in [0.1, 0.15) is 24.0 Å². The van der Waals surface area contributed by atoms with Gasteiger partial charge in [-0.25, -0.2) is 19.1 Å². The van der Waals surface area contributed by atoms with Gasteiger partial charge in [0.2, 0.25) is 0 Å². The zero-order chi connectivity index (χ0) is 25.1. The number of benzene rings is 3. The first-order valence-corrected chi connectivity index (χ1v) is 12.1. The summed E-state index contributed by atoms with van der Waals surface area (Å²) in [4.78, 5) is 45.2. The van der Waals surface area contributed by atoms with Gasteiger partial charge in [-0.15, -0.1) is 11.3 Å². The number of hydrogen-bond donors (Lipinski definition) is 1. The molecule has 0 amide bonds. The average molecular weight is 520 g/mol. The van der Waals surface area contributed by atoms with Gasteiger partial charge in [-0.05, 0) is 54.6 Å². The van der Waals surface area contributed by atoms with Crippen molar-refractivity contribution in [2.24, 2.45) is 0 Å². The van der Waals surface area contributed by atoms with Crippen LogP contribution in [0.3, 0.4) is 0 Å². The Morgan fingerprint density at radius 3 is 2.56 bits per heavy atom. The van der Waals surface area contributed by atoms with E-state index >= 15 is 0 Å². The van der Waals surface area contributed by atoms with E-state index in [0.29, 0.717) is 22.2 Å². The third kappa shape index (κ3) is 5.07. The van der Waals surface area contributed by atoms with Crippen molar-refractivity contribution < 1.29 is 14.3 Å². The second kappa shape index (κ2) is 10.2. The number of thiazole rings is 1. The maximum absolute atomic E-state index is 12.9. The first kappa shape index (κ1) is 23.5. The number of para-hydroxylation sites is 1. The van der Waals surface area contributed by atoms with Gasteiger partial charge in [0.05, 0.1) is 27.8 Å². The Labute approximate surface area is 213 Å². The van der Waals surface area contributed by atoms with Gasteiger partial charge in [0.25, 0.3) is 5.56 Å². The quantitative estimate of drug-likeness (QED) is 0.312. The Morgan fingerprint density at radius 1 is 1.00 bits per heavy atom. The average Bonchev–Trinajstić information content (AvgIpc) is 3.35. The minimum Gasteiger partial charge on any atom is -0.486 e. The zero-order valence-corrected chi connectivity index (χ0v) is 20.2. The van der Waals surface area contributed by atoms with Gasteiger partial charge >= 0.3 is 11.7 Å². The Hall–Kier alpha value is -4.21. The lowest BCUT2D eigenvalue weighted by molar-refractivity contribution is 0.0468. The van der Waals surface area contributed by atoms with Gasteiger partial charge in [0, 0.05) is 10.4 Å². The van der Waals surface area contributed by atoms with Crippen LogP contribution in [0.1, 0.15) is 21.1 Å². The largest absolute Gasteiger partial charge is 0.486 e. The van der Waals surface area contributed by atoms with Crippen molar-refractivity contribution in [3.05, 3.63) is 120 Å². The molecule has 3 aromatic carbocycles. The lowest BCUT2D eigenvalue weighted by Crippen LogP contribution is -2.33. The molecule has 1 N–H and O–H groups in total. The molecule has 0 fully saturated rings. The molecule has 0 bridgehead atoms. The molecule has 0 unspecified atom stereocenters. The fraction of sp³-hybridized carbons (Fsp3) is 0.0769. The fourth-order valence-corrected chi connectivity index (χ4v) is 4.35. The van der Waals surface area contributed by atoms with Crippen molar-refractivity contribution in [3.63, 3.8) is 0 Å². The van der Waals surface area contributed by atoms with E-state index in [2.05, 4.69) is 9.97 Å². The molecule has 2 heterocycles. The van der Waals surface area contributed by atoms with Crippen molar-refractivity contribution >= 4 is 39.8 Å². The number of aromatic nitrogens is 3. The van der Waals surface area contributed by atoms with Crippen LogP contribution >= 0.6 is 22.9 Å². The van der Waals surface area contributed by atoms with Gasteiger partial charge < -0.3 is 14.5 Å². The molecule has 8 nitrogen and oxygen atoms in total. The summed E-state index contributed by atoms with van der Waals surface area (Å²) in [7, 11) is 0. The number of rotatable bonds is 7. The first-order valence-electron chi connectivity index (χ1n) is 10.8. The highest BCUT2D eigenvalue weighted by molar-refractivity contribution is 7.09. The lowest BCUT2D eigenvalue weighted by Gasteiger charge is -2.08. The molecule has 180 valence electrons. The summed E-state index contributed by atoms with van der Waals surface area (Å²) < 4.78 is 12.1. The minimum atomic E-state index is -0.600. The molecule has 0 spiro atoms. The van der Waals surface area contributed by atoms with Crippen LogP contribution in [0.2, 0.25) is 5.02 Å². The second-order valence-electron chi connectivity index (χ2n) is 7.72. The summed E-state index contributed by atoms with van der Waals surface area (Å²) in [6.45, 7) is 0.249. The number of hydrogen-bond acceptors (Lipinski definition) is 7. The van der Waals surface area contributed by atoms with Crippen molar-refractivity contribution in [2.45, 2.75) is 13.2 Å². The van der Waals surface area contributed by atoms with Crippen LogP contribution in [-0.4, -0.2) is 20.5 Å². The highest BCUT2D eigenvalue weighted by Gasteiger charge is 2.14. The van der Waals surface area contributed by atoms with E-state index in [4.69, 9.17) is 21.1 Å². The van der Waals surface area contributed by atoms with Crippen molar-refractivity contribution in [2.75, 3.05) is 0 Å². The normalized spacial score (nSPS) is 10.9. The first-order chi connectivity index (χ1) is 17.5. The molecule has 0 aliphatic carbocycles. The molecular weight excluding hydrogens is 502 g/mol. The van der Waals surface area contributed by atoms with E-state index in [1.807, 2.05) is 0 Å².